The lowest BCUT2D eigenvalue weighted by Gasteiger charge is -2.37. The lowest BCUT2D eigenvalue weighted by molar-refractivity contribution is -0.140. The van der Waals surface area contributed by atoms with Crippen LogP contribution in [0.4, 0.5) is 0 Å². The Kier molecular flexibility index (Phi) is 5.06. The quantitative estimate of drug-likeness (QED) is 0.408. The molecule has 4 atom stereocenters. The monoisotopic (exact) mass is 416 g/mol. The fourth-order valence-electron chi connectivity index (χ4n) is 4.92. The van der Waals surface area contributed by atoms with Crippen molar-refractivity contribution in [3.05, 3.63) is 71.8 Å². The summed E-state index contributed by atoms with van der Waals surface area (Å²) in [6.07, 6.45) is 7.69. The molecule has 1 saturated carbocycles. The molecular weight excluding hydrogens is 392 g/mol. The zero-order valence-electron chi connectivity index (χ0n) is 17.3. The molecule has 2 bridgehead atoms. The van der Waals surface area contributed by atoms with E-state index in [4.69, 9.17) is 9.47 Å². The average Bonchev–Trinajstić information content (AvgIpc) is 3.09. The number of ether oxygens (including phenoxy) is 2. The van der Waals surface area contributed by atoms with Crippen LogP contribution in [0, 0.1) is 23.7 Å². The van der Waals surface area contributed by atoms with Crippen LogP contribution in [0.2, 0.25) is 0 Å². The molecule has 2 amide bonds. The van der Waals surface area contributed by atoms with Crippen molar-refractivity contribution in [2.75, 3.05) is 7.11 Å². The van der Waals surface area contributed by atoms with Crippen LogP contribution in [0.3, 0.4) is 0 Å². The number of methoxy groups -OCH3 is 1. The van der Waals surface area contributed by atoms with Crippen molar-refractivity contribution in [1.29, 1.82) is 0 Å². The number of benzene rings is 2. The van der Waals surface area contributed by atoms with Crippen LogP contribution in [0.15, 0.2) is 65.8 Å². The molecule has 0 aromatic heterocycles. The minimum Gasteiger partial charge on any atom is -0.493 e. The normalized spacial score (nSPS) is 26.5. The molecule has 6 nitrogen and oxygen atoms in total. The summed E-state index contributed by atoms with van der Waals surface area (Å²) in [6.45, 7) is 0.431. The largest absolute Gasteiger partial charge is 0.493 e. The first kappa shape index (κ1) is 19.5. The SMILES string of the molecule is COc1cc(/C=N\N2C(=O)[C@@H]3[C@@H](C2=O)[C@H]2C=C[C@@H]3CC2)ccc1OCc1ccccc1. The summed E-state index contributed by atoms with van der Waals surface area (Å²) in [7, 11) is 1.58. The Morgan fingerprint density at radius 2 is 1.65 bits per heavy atom. The van der Waals surface area contributed by atoms with E-state index in [1.807, 2.05) is 36.4 Å². The van der Waals surface area contributed by atoms with Crippen molar-refractivity contribution in [3.8, 4) is 11.5 Å². The van der Waals surface area contributed by atoms with Gasteiger partial charge in [-0.25, -0.2) is 0 Å². The molecular formula is C25H24N2O4. The molecule has 0 N–H and O–H groups in total. The van der Waals surface area contributed by atoms with Gasteiger partial charge in [-0.3, -0.25) is 9.59 Å². The van der Waals surface area contributed by atoms with Gasteiger partial charge in [-0.05, 0) is 54.0 Å². The summed E-state index contributed by atoms with van der Waals surface area (Å²) in [5.74, 6) is 0.634. The maximum Gasteiger partial charge on any atom is 0.254 e. The Morgan fingerprint density at radius 1 is 0.968 bits per heavy atom. The van der Waals surface area contributed by atoms with Gasteiger partial charge < -0.3 is 9.47 Å². The minimum atomic E-state index is -0.253. The summed E-state index contributed by atoms with van der Waals surface area (Å²) in [6, 6.07) is 15.3. The molecule has 2 aromatic carbocycles. The molecule has 1 aliphatic heterocycles. The second kappa shape index (κ2) is 8.02. The maximum absolute atomic E-state index is 12.9. The van der Waals surface area contributed by atoms with E-state index in [2.05, 4.69) is 17.3 Å². The van der Waals surface area contributed by atoms with Gasteiger partial charge >= 0.3 is 0 Å². The van der Waals surface area contributed by atoms with Crippen LogP contribution in [-0.4, -0.2) is 30.1 Å². The number of carbonyl (C=O) groups excluding carboxylic acids is 2. The van der Waals surface area contributed by atoms with E-state index in [0.29, 0.717) is 18.1 Å². The van der Waals surface area contributed by atoms with E-state index >= 15 is 0 Å². The summed E-state index contributed by atoms with van der Waals surface area (Å²) < 4.78 is 11.3. The Balaban J connectivity index is 1.31. The van der Waals surface area contributed by atoms with Crippen molar-refractivity contribution < 1.29 is 19.1 Å². The molecule has 0 radical (unpaired) electrons. The van der Waals surface area contributed by atoms with Crippen LogP contribution in [-0.2, 0) is 16.2 Å². The van der Waals surface area contributed by atoms with Gasteiger partial charge in [-0.2, -0.15) is 10.1 Å². The van der Waals surface area contributed by atoms with Gasteiger partial charge in [0.1, 0.15) is 6.61 Å². The summed E-state index contributed by atoms with van der Waals surface area (Å²) in [5.41, 5.74) is 1.78. The second-order valence-electron chi connectivity index (χ2n) is 8.26. The Labute approximate surface area is 181 Å². The van der Waals surface area contributed by atoms with Gasteiger partial charge in [0, 0.05) is 0 Å². The number of amides is 2. The van der Waals surface area contributed by atoms with Gasteiger partial charge in [-0.15, -0.1) is 0 Å². The number of nitrogens with zero attached hydrogens (tertiary/aromatic N) is 2. The standard InChI is InChI=1S/C25H24N2O4/c1-30-21-13-17(7-12-20(21)31-15-16-5-3-2-4-6-16)14-26-27-24(28)22-18-8-9-19(11-10-18)23(22)25(27)29/h2-9,12-14,18-19,22-23H,10-11,15H2,1H3/b26-14-/t18-,19+,22-,23-/m0/s1. The van der Waals surface area contributed by atoms with Crippen molar-refractivity contribution in [2.24, 2.45) is 28.8 Å². The maximum atomic E-state index is 12.9. The van der Waals surface area contributed by atoms with Crippen molar-refractivity contribution in [1.82, 2.24) is 5.01 Å². The molecule has 6 rings (SSSR count). The van der Waals surface area contributed by atoms with E-state index in [1.165, 1.54) is 6.21 Å². The molecule has 6 heteroatoms. The highest BCUT2D eigenvalue weighted by molar-refractivity contribution is 6.06. The molecule has 31 heavy (non-hydrogen) atoms. The lowest BCUT2D eigenvalue weighted by Crippen LogP contribution is -2.38. The molecule has 4 aliphatic rings. The van der Waals surface area contributed by atoms with E-state index in [9.17, 15) is 9.59 Å². The molecule has 158 valence electrons. The number of hydrogen-bond donors (Lipinski definition) is 0. The van der Waals surface area contributed by atoms with E-state index in [-0.39, 0.29) is 35.5 Å². The van der Waals surface area contributed by atoms with Crippen molar-refractivity contribution in [2.45, 2.75) is 19.4 Å². The number of rotatable bonds is 6. The molecule has 1 saturated heterocycles. The number of hydrazone groups is 1. The van der Waals surface area contributed by atoms with E-state index in [0.717, 1.165) is 29.0 Å². The fraction of sp³-hybridized carbons (Fsp3) is 0.320. The van der Waals surface area contributed by atoms with Crippen LogP contribution in [0.25, 0.3) is 0 Å². The molecule has 0 spiro atoms. The number of fused-ring (bicyclic) bond motifs is 1. The summed E-state index contributed by atoms with van der Waals surface area (Å²) in [5, 5.41) is 5.33. The second-order valence-corrected chi connectivity index (χ2v) is 8.26. The molecule has 0 unspecified atom stereocenters. The number of imide groups is 1. The third-order valence-electron chi connectivity index (χ3n) is 6.48. The Morgan fingerprint density at radius 3 is 2.26 bits per heavy atom. The summed E-state index contributed by atoms with van der Waals surface area (Å²) >= 11 is 0. The lowest BCUT2D eigenvalue weighted by atomic mass is 9.63. The van der Waals surface area contributed by atoms with Gasteiger partial charge in [0.15, 0.2) is 11.5 Å². The van der Waals surface area contributed by atoms with Gasteiger partial charge in [0.25, 0.3) is 11.8 Å². The number of carbonyl (C=O) groups is 2. The minimum absolute atomic E-state index is 0.160. The first-order valence-electron chi connectivity index (χ1n) is 10.6. The van der Waals surface area contributed by atoms with Crippen LogP contribution in [0.1, 0.15) is 24.0 Å². The molecule has 3 aliphatic carbocycles. The first-order chi connectivity index (χ1) is 15.2. The zero-order chi connectivity index (χ0) is 21.4. The third-order valence-corrected chi connectivity index (χ3v) is 6.48. The molecule has 2 aromatic rings. The Bertz CT molecular complexity index is 1030. The van der Waals surface area contributed by atoms with E-state index in [1.54, 1.807) is 19.2 Å². The third kappa shape index (κ3) is 3.52. The van der Waals surface area contributed by atoms with Crippen molar-refractivity contribution in [3.63, 3.8) is 0 Å². The smallest absolute Gasteiger partial charge is 0.254 e. The molecule has 2 fully saturated rings. The van der Waals surface area contributed by atoms with E-state index < -0.39 is 0 Å². The fourth-order valence-corrected chi connectivity index (χ4v) is 4.92. The zero-order valence-corrected chi connectivity index (χ0v) is 17.3. The highest BCUT2D eigenvalue weighted by atomic mass is 16.5. The Hall–Kier alpha value is -3.41. The average molecular weight is 416 g/mol. The van der Waals surface area contributed by atoms with Crippen LogP contribution in [0.5, 0.6) is 11.5 Å². The van der Waals surface area contributed by atoms with Crippen LogP contribution >= 0.6 is 0 Å². The number of allylic oxidation sites excluding steroid dienone is 2. The summed E-state index contributed by atoms with van der Waals surface area (Å²) in [4.78, 5) is 25.7. The topological polar surface area (TPSA) is 68.2 Å². The molecule has 1 heterocycles. The predicted octanol–water partition coefficient (Wildman–Crippen LogP) is 3.81. The van der Waals surface area contributed by atoms with Gasteiger partial charge in [0.2, 0.25) is 0 Å². The van der Waals surface area contributed by atoms with Crippen molar-refractivity contribution >= 4 is 18.0 Å². The predicted molar refractivity (Wildman–Crippen MR) is 116 cm³/mol. The first-order valence-corrected chi connectivity index (χ1v) is 10.6. The highest BCUT2D eigenvalue weighted by Gasteiger charge is 2.56. The van der Waals surface area contributed by atoms with Gasteiger partial charge in [-0.1, -0.05) is 42.5 Å². The number of hydrogen-bond acceptors (Lipinski definition) is 5. The highest BCUT2D eigenvalue weighted by Crippen LogP contribution is 2.49. The van der Waals surface area contributed by atoms with Gasteiger partial charge in [0.05, 0.1) is 25.2 Å². The van der Waals surface area contributed by atoms with Crippen LogP contribution < -0.4 is 9.47 Å².